The van der Waals surface area contributed by atoms with E-state index in [9.17, 15) is 4.79 Å². The van der Waals surface area contributed by atoms with Crippen molar-refractivity contribution in [2.24, 2.45) is 0 Å². The third-order valence-corrected chi connectivity index (χ3v) is 4.01. The van der Waals surface area contributed by atoms with Crippen molar-refractivity contribution in [3.8, 4) is 0 Å². The molecule has 0 spiro atoms. The molecule has 1 aromatic heterocycles. The largest absolute Gasteiger partial charge is 0.305 e. The molecule has 4 heteroatoms. The van der Waals surface area contributed by atoms with Crippen LogP contribution in [-0.2, 0) is 4.79 Å². The van der Waals surface area contributed by atoms with E-state index in [-0.39, 0.29) is 5.91 Å². The number of carbonyl (C=O) groups excluding carboxylic acids is 1. The first-order valence-corrected chi connectivity index (χ1v) is 6.81. The summed E-state index contributed by atoms with van der Waals surface area (Å²) >= 11 is 6.09. The second-order valence-electron chi connectivity index (χ2n) is 5.20. The highest BCUT2D eigenvalue weighted by atomic mass is 35.5. The summed E-state index contributed by atoms with van der Waals surface area (Å²) in [6.07, 6.45) is 8.73. The number of aromatic nitrogens is 1. The lowest BCUT2D eigenvalue weighted by molar-refractivity contribution is -0.112. The number of nitrogens with one attached hydrogen (secondary N) is 1. The Morgan fingerprint density at radius 2 is 2.20 bits per heavy atom. The number of fused-ring (bicyclic) bond motifs is 2. The molecular weight excluding hydrogens is 272 g/mol. The normalized spacial score (nSPS) is 18.2. The van der Waals surface area contributed by atoms with Crippen molar-refractivity contribution in [1.29, 1.82) is 0 Å². The third kappa shape index (κ3) is 1.67. The topological polar surface area (TPSA) is 42.0 Å². The first-order chi connectivity index (χ1) is 9.63. The fourth-order valence-corrected chi connectivity index (χ4v) is 2.90. The lowest BCUT2D eigenvalue weighted by atomic mass is 10.1. The van der Waals surface area contributed by atoms with Gasteiger partial charge in [0.05, 0.1) is 5.02 Å². The van der Waals surface area contributed by atoms with E-state index in [0.717, 1.165) is 17.6 Å². The van der Waals surface area contributed by atoms with Crippen LogP contribution in [0.5, 0.6) is 0 Å². The van der Waals surface area contributed by atoms with Gasteiger partial charge >= 0.3 is 0 Å². The van der Waals surface area contributed by atoms with Gasteiger partial charge in [0.25, 0.3) is 5.91 Å². The van der Waals surface area contributed by atoms with Crippen molar-refractivity contribution >= 4 is 23.3 Å². The van der Waals surface area contributed by atoms with Crippen molar-refractivity contribution in [3.05, 3.63) is 68.9 Å². The highest BCUT2D eigenvalue weighted by Crippen LogP contribution is 2.51. The van der Waals surface area contributed by atoms with Crippen LogP contribution in [0.3, 0.4) is 0 Å². The predicted molar refractivity (Wildman–Crippen MR) is 78.5 cm³/mol. The molecule has 0 radical (unpaired) electrons. The second kappa shape index (κ2) is 3.93. The summed E-state index contributed by atoms with van der Waals surface area (Å²) < 4.78 is 0. The number of anilines is 1. The van der Waals surface area contributed by atoms with Gasteiger partial charge in [0.2, 0.25) is 0 Å². The van der Waals surface area contributed by atoms with Gasteiger partial charge in [0, 0.05) is 11.8 Å². The molecule has 3 aliphatic carbocycles. The van der Waals surface area contributed by atoms with Crippen LogP contribution in [-0.4, -0.2) is 10.9 Å². The number of amides is 1. The van der Waals surface area contributed by atoms with E-state index in [4.69, 9.17) is 11.6 Å². The maximum absolute atomic E-state index is 12.3. The van der Waals surface area contributed by atoms with Crippen LogP contribution in [0.4, 0.5) is 5.82 Å². The Labute approximate surface area is 121 Å². The minimum atomic E-state index is -0.164. The molecule has 3 nitrogen and oxygen atoms in total. The summed E-state index contributed by atoms with van der Waals surface area (Å²) in [7, 11) is 0. The Kier molecular flexibility index (Phi) is 2.30. The Balaban J connectivity index is 1.64. The summed E-state index contributed by atoms with van der Waals surface area (Å²) in [6.45, 7) is 1.91. The second-order valence-corrected chi connectivity index (χ2v) is 5.60. The number of hydrogen-bond acceptors (Lipinski definition) is 2. The maximum atomic E-state index is 12.3. The standard InChI is InChI=1S/C16H11ClN2O/c1-8-4-14(17)15(18-7-8)19-16(20)11-3-2-10-12-5-9(12)6-13(10)11/h2-4,6-7H,5H2,1H3,(H,18,19,20). The van der Waals surface area contributed by atoms with Crippen LogP contribution >= 0.6 is 11.6 Å². The lowest BCUT2D eigenvalue weighted by Crippen LogP contribution is -2.15. The van der Waals surface area contributed by atoms with Gasteiger partial charge in [-0.15, -0.1) is 0 Å². The van der Waals surface area contributed by atoms with E-state index >= 15 is 0 Å². The van der Waals surface area contributed by atoms with Crippen LogP contribution in [0, 0.1) is 6.92 Å². The molecule has 1 heterocycles. The molecule has 3 aliphatic rings. The maximum Gasteiger partial charge on any atom is 0.257 e. The van der Waals surface area contributed by atoms with Gasteiger partial charge in [-0.25, -0.2) is 4.98 Å². The monoisotopic (exact) mass is 282 g/mol. The number of rotatable bonds is 2. The molecule has 1 fully saturated rings. The molecule has 0 unspecified atom stereocenters. The van der Waals surface area contributed by atoms with Crippen molar-refractivity contribution in [3.63, 3.8) is 0 Å². The van der Waals surface area contributed by atoms with Gasteiger partial charge in [-0.05, 0) is 59.4 Å². The van der Waals surface area contributed by atoms with Gasteiger partial charge < -0.3 is 5.32 Å². The van der Waals surface area contributed by atoms with Crippen LogP contribution in [0.25, 0.3) is 0 Å². The molecule has 1 aromatic rings. The molecule has 1 amide bonds. The summed E-state index contributed by atoms with van der Waals surface area (Å²) in [5, 5.41) is 3.23. The lowest BCUT2D eigenvalue weighted by Gasteiger charge is -2.07. The number of allylic oxidation sites excluding steroid dienone is 6. The molecule has 0 aliphatic heterocycles. The van der Waals surface area contributed by atoms with Crippen molar-refractivity contribution in [2.75, 3.05) is 5.32 Å². The smallest absolute Gasteiger partial charge is 0.257 e. The third-order valence-electron chi connectivity index (χ3n) is 3.73. The highest BCUT2D eigenvalue weighted by molar-refractivity contribution is 6.33. The molecule has 1 N–H and O–H groups in total. The van der Waals surface area contributed by atoms with E-state index in [2.05, 4.69) is 16.4 Å². The van der Waals surface area contributed by atoms with Gasteiger partial charge in [0.1, 0.15) is 0 Å². The highest BCUT2D eigenvalue weighted by Gasteiger charge is 2.35. The fraction of sp³-hybridized carbons (Fsp3) is 0.125. The zero-order valence-corrected chi connectivity index (χ0v) is 11.6. The van der Waals surface area contributed by atoms with Crippen LogP contribution in [0.15, 0.2) is 58.4 Å². The first kappa shape index (κ1) is 11.7. The molecule has 98 valence electrons. The van der Waals surface area contributed by atoms with Gasteiger partial charge in [-0.2, -0.15) is 0 Å². The summed E-state index contributed by atoms with van der Waals surface area (Å²) in [4.78, 5) is 16.5. The fourth-order valence-electron chi connectivity index (χ4n) is 2.64. The number of hydrogen-bond donors (Lipinski definition) is 1. The minimum absolute atomic E-state index is 0.164. The Hall–Kier alpha value is -2.13. The zero-order valence-electron chi connectivity index (χ0n) is 10.8. The summed E-state index contributed by atoms with van der Waals surface area (Å²) in [6, 6.07) is 1.78. The summed E-state index contributed by atoms with van der Waals surface area (Å²) in [5.74, 6) is 0.240. The molecule has 0 bridgehead atoms. The van der Waals surface area contributed by atoms with E-state index in [1.807, 2.05) is 19.1 Å². The van der Waals surface area contributed by atoms with E-state index in [1.54, 1.807) is 12.3 Å². The van der Waals surface area contributed by atoms with Gasteiger partial charge in [-0.3, -0.25) is 4.79 Å². The number of carbonyl (C=O) groups is 1. The number of nitrogens with zero attached hydrogens (tertiary/aromatic N) is 1. The van der Waals surface area contributed by atoms with Crippen molar-refractivity contribution in [2.45, 2.75) is 13.3 Å². The molecule has 4 rings (SSSR count). The number of aryl methyl sites for hydroxylation is 1. The molecular formula is C16H11ClN2O. The molecule has 0 aromatic carbocycles. The Bertz CT molecular complexity index is 797. The summed E-state index contributed by atoms with van der Waals surface area (Å²) in [5.41, 5.74) is 6.62. The number of halogens is 1. The minimum Gasteiger partial charge on any atom is -0.305 e. The SMILES string of the molecule is Cc1cnc(NC(=O)C2=C3C=C4CC4=C3C=C2)c(Cl)c1. The quantitative estimate of drug-likeness (QED) is 0.902. The van der Waals surface area contributed by atoms with E-state index in [0.29, 0.717) is 16.4 Å². The van der Waals surface area contributed by atoms with E-state index in [1.165, 1.54) is 16.7 Å². The molecule has 1 saturated carbocycles. The van der Waals surface area contributed by atoms with Crippen molar-refractivity contribution in [1.82, 2.24) is 4.98 Å². The van der Waals surface area contributed by atoms with Crippen LogP contribution in [0.1, 0.15) is 12.0 Å². The van der Waals surface area contributed by atoms with Crippen LogP contribution in [0.2, 0.25) is 5.02 Å². The molecule has 0 atom stereocenters. The predicted octanol–water partition coefficient (Wildman–Crippen LogP) is 3.49. The first-order valence-electron chi connectivity index (χ1n) is 6.44. The molecule has 20 heavy (non-hydrogen) atoms. The van der Waals surface area contributed by atoms with Gasteiger partial charge in [0.15, 0.2) is 5.82 Å². The number of pyridine rings is 1. The van der Waals surface area contributed by atoms with Gasteiger partial charge in [-0.1, -0.05) is 17.7 Å². The van der Waals surface area contributed by atoms with E-state index < -0.39 is 0 Å². The average molecular weight is 283 g/mol. The average Bonchev–Trinajstić information content (AvgIpc) is 2.89. The van der Waals surface area contributed by atoms with Crippen LogP contribution < -0.4 is 5.32 Å². The Morgan fingerprint density at radius 1 is 1.35 bits per heavy atom. The Morgan fingerprint density at radius 3 is 3.00 bits per heavy atom. The van der Waals surface area contributed by atoms with Crippen molar-refractivity contribution < 1.29 is 4.79 Å². The molecule has 0 saturated heterocycles. The zero-order chi connectivity index (χ0) is 13.9.